The van der Waals surface area contributed by atoms with Gasteiger partial charge in [-0.25, -0.2) is 4.79 Å². The van der Waals surface area contributed by atoms with E-state index in [1.54, 1.807) is 37.8 Å². The topological polar surface area (TPSA) is 105 Å². The van der Waals surface area contributed by atoms with Gasteiger partial charge >= 0.3 is 6.09 Å². The van der Waals surface area contributed by atoms with Gasteiger partial charge in [0.2, 0.25) is 5.91 Å². The van der Waals surface area contributed by atoms with Gasteiger partial charge in [0.1, 0.15) is 11.6 Å². The first-order valence-electron chi connectivity index (χ1n) is 10.9. The molecule has 0 aliphatic carbocycles. The summed E-state index contributed by atoms with van der Waals surface area (Å²) < 4.78 is 5.36. The van der Waals surface area contributed by atoms with E-state index in [0.29, 0.717) is 32.6 Å². The van der Waals surface area contributed by atoms with Crippen molar-refractivity contribution in [2.75, 3.05) is 31.1 Å². The molecule has 9 nitrogen and oxygen atoms in total. The number of non-ortho nitro benzene ring substituents is 1. The van der Waals surface area contributed by atoms with Crippen LogP contribution >= 0.6 is 0 Å². The fourth-order valence-electron chi connectivity index (χ4n) is 3.71. The zero-order valence-electron chi connectivity index (χ0n) is 19.2. The van der Waals surface area contributed by atoms with Gasteiger partial charge < -0.3 is 19.9 Å². The van der Waals surface area contributed by atoms with E-state index >= 15 is 0 Å². The Kier molecular flexibility index (Phi) is 7.52. The van der Waals surface area contributed by atoms with Crippen molar-refractivity contribution in [1.29, 1.82) is 0 Å². The Morgan fingerprint density at radius 3 is 2.33 bits per heavy atom. The summed E-state index contributed by atoms with van der Waals surface area (Å²) >= 11 is 0. The summed E-state index contributed by atoms with van der Waals surface area (Å²) in [4.78, 5) is 40.1. The molecule has 0 saturated carbocycles. The van der Waals surface area contributed by atoms with Crippen LogP contribution in [0.3, 0.4) is 0 Å². The molecule has 1 heterocycles. The van der Waals surface area contributed by atoms with Crippen LogP contribution in [0, 0.1) is 10.1 Å². The number of alkyl carbamates (subject to hydrolysis) is 1. The van der Waals surface area contributed by atoms with Crippen molar-refractivity contribution >= 4 is 23.4 Å². The molecule has 3 rings (SSSR count). The van der Waals surface area contributed by atoms with E-state index in [2.05, 4.69) is 5.32 Å². The van der Waals surface area contributed by atoms with Crippen LogP contribution in [0.15, 0.2) is 54.6 Å². The summed E-state index contributed by atoms with van der Waals surface area (Å²) in [6.07, 6.45) is -0.281. The number of hydrogen-bond acceptors (Lipinski definition) is 6. The number of hydrogen-bond donors (Lipinski definition) is 1. The van der Waals surface area contributed by atoms with Crippen LogP contribution in [0.2, 0.25) is 0 Å². The van der Waals surface area contributed by atoms with Crippen LogP contribution in [0.25, 0.3) is 0 Å². The average Bonchev–Trinajstić information content (AvgIpc) is 2.78. The maximum atomic E-state index is 13.3. The minimum Gasteiger partial charge on any atom is -0.444 e. The van der Waals surface area contributed by atoms with E-state index in [1.807, 2.05) is 41.3 Å². The van der Waals surface area contributed by atoms with Crippen molar-refractivity contribution in [3.8, 4) is 0 Å². The van der Waals surface area contributed by atoms with E-state index in [4.69, 9.17) is 4.74 Å². The summed E-state index contributed by atoms with van der Waals surface area (Å²) in [5.41, 5.74) is 1.05. The van der Waals surface area contributed by atoms with Gasteiger partial charge in [0.25, 0.3) is 5.69 Å². The second-order valence-electron chi connectivity index (χ2n) is 8.98. The molecular formula is C24H30N4O5. The van der Waals surface area contributed by atoms with Crippen molar-refractivity contribution < 1.29 is 19.2 Å². The van der Waals surface area contributed by atoms with Gasteiger partial charge in [-0.3, -0.25) is 14.9 Å². The first-order chi connectivity index (χ1) is 15.6. The Morgan fingerprint density at radius 2 is 1.73 bits per heavy atom. The Hall–Kier alpha value is -3.62. The zero-order valence-corrected chi connectivity index (χ0v) is 19.2. The molecule has 1 unspecified atom stereocenters. The van der Waals surface area contributed by atoms with E-state index in [1.165, 1.54) is 6.07 Å². The Labute approximate surface area is 193 Å². The summed E-state index contributed by atoms with van der Waals surface area (Å²) in [5, 5.41) is 13.8. The highest BCUT2D eigenvalue weighted by molar-refractivity contribution is 5.86. The van der Waals surface area contributed by atoms with Crippen LogP contribution in [-0.4, -0.2) is 59.6 Å². The molecule has 0 radical (unpaired) electrons. The van der Waals surface area contributed by atoms with E-state index in [-0.39, 0.29) is 11.6 Å². The maximum absolute atomic E-state index is 13.3. The van der Waals surface area contributed by atoms with E-state index in [9.17, 15) is 19.7 Å². The lowest BCUT2D eigenvalue weighted by atomic mass is 10.0. The Balaban J connectivity index is 1.67. The van der Waals surface area contributed by atoms with Crippen LogP contribution in [0.1, 0.15) is 26.3 Å². The molecule has 2 aromatic carbocycles. The highest BCUT2D eigenvalue weighted by Crippen LogP contribution is 2.22. The lowest BCUT2D eigenvalue weighted by Gasteiger charge is -2.37. The number of benzene rings is 2. The Morgan fingerprint density at radius 1 is 1.06 bits per heavy atom. The first-order valence-corrected chi connectivity index (χ1v) is 10.9. The van der Waals surface area contributed by atoms with Gasteiger partial charge in [-0.2, -0.15) is 0 Å². The van der Waals surface area contributed by atoms with Crippen LogP contribution in [0.4, 0.5) is 16.2 Å². The second kappa shape index (κ2) is 10.3. The molecule has 1 atom stereocenters. The van der Waals surface area contributed by atoms with Crippen LogP contribution in [0.5, 0.6) is 0 Å². The molecule has 2 aromatic rings. The van der Waals surface area contributed by atoms with Crippen LogP contribution in [-0.2, 0) is 16.0 Å². The predicted octanol–water partition coefficient (Wildman–Crippen LogP) is 3.38. The van der Waals surface area contributed by atoms with Gasteiger partial charge in [0.15, 0.2) is 0 Å². The van der Waals surface area contributed by atoms with Gasteiger partial charge in [0, 0.05) is 50.4 Å². The quantitative estimate of drug-likeness (QED) is 0.530. The minimum absolute atomic E-state index is 0.0375. The number of piperazine rings is 1. The largest absolute Gasteiger partial charge is 0.444 e. The predicted molar refractivity (Wildman–Crippen MR) is 125 cm³/mol. The summed E-state index contributed by atoms with van der Waals surface area (Å²) in [7, 11) is 0. The molecule has 0 bridgehead atoms. The number of nitro benzene ring substituents is 1. The number of carbonyl (C=O) groups excluding carboxylic acids is 2. The lowest BCUT2D eigenvalue weighted by molar-refractivity contribution is -0.384. The molecule has 1 saturated heterocycles. The molecule has 0 aromatic heterocycles. The molecule has 33 heavy (non-hydrogen) atoms. The number of nitrogens with one attached hydrogen (secondary N) is 1. The molecule has 176 valence electrons. The first kappa shape index (κ1) is 24.0. The fraction of sp³-hybridized carbons (Fsp3) is 0.417. The van der Waals surface area contributed by atoms with Gasteiger partial charge in [-0.05, 0) is 32.4 Å². The molecule has 1 fully saturated rings. The molecule has 0 spiro atoms. The second-order valence-corrected chi connectivity index (χ2v) is 8.98. The third kappa shape index (κ3) is 6.93. The fourth-order valence-corrected chi connectivity index (χ4v) is 3.71. The van der Waals surface area contributed by atoms with Gasteiger partial charge in [-0.15, -0.1) is 0 Å². The number of ether oxygens (including phenoxy) is 1. The molecule has 1 N–H and O–H groups in total. The lowest BCUT2D eigenvalue weighted by Crippen LogP contribution is -2.56. The maximum Gasteiger partial charge on any atom is 0.408 e. The van der Waals surface area contributed by atoms with Gasteiger partial charge in [0.05, 0.1) is 4.92 Å². The highest BCUT2D eigenvalue weighted by Gasteiger charge is 2.30. The van der Waals surface area contributed by atoms with Crippen molar-refractivity contribution in [2.45, 2.75) is 38.8 Å². The Bertz CT molecular complexity index is 982. The normalized spacial score (nSPS) is 15.0. The van der Waals surface area contributed by atoms with E-state index in [0.717, 1.165) is 11.3 Å². The van der Waals surface area contributed by atoms with Crippen molar-refractivity contribution in [1.82, 2.24) is 10.2 Å². The van der Waals surface area contributed by atoms with Crippen molar-refractivity contribution in [3.05, 3.63) is 70.3 Å². The molecule has 1 aliphatic rings. The molecule has 1 aliphatic heterocycles. The number of nitrogens with zero attached hydrogens (tertiary/aromatic N) is 3. The van der Waals surface area contributed by atoms with Crippen molar-refractivity contribution in [3.63, 3.8) is 0 Å². The van der Waals surface area contributed by atoms with Crippen LogP contribution < -0.4 is 10.2 Å². The summed E-state index contributed by atoms with van der Waals surface area (Å²) in [6.45, 7) is 7.29. The number of rotatable bonds is 6. The third-order valence-corrected chi connectivity index (χ3v) is 5.27. The molecule has 2 amide bonds. The summed E-state index contributed by atoms with van der Waals surface area (Å²) in [5.74, 6) is -0.177. The average molecular weight is 455 g/mol. The van der Waals surface area contributed by atoms with Gasteiger partial charge in [-0.1, -0.05) is 36.4 Å². The number of nitro groups is 1. The number of anilines is 1. The monoisotopic (exact) mass is 454 g/mol. The SMILES string of the molecule is CC(C)(C)OC(=O)NC(Cc1ccccc1)C(=O)N1CCN(c2cccc([N+](=O)[O-])c2)CC1. The number of amides is 2. The third-order valence-electron chi connectivity index (χ3n) is 5.27. The standard InChI is InChI=1S/C24H30N4O5/c1-24(2,3)33-23(30)25-21(16-18-8-5-4-6-9-18)22(29)27-14-12-26(13-15-27)19-10-7-11-20(17-19)28(31)32/h4-11,17,21H,12-16H2,1-3H3,(H,25,30). The molecule has 9 heteroatoms. The van der Waals surface area contributed by atoms with Crippen molar-refractivity contribution in [2.24, 2.45) is 0 Å². The molecular weight excluding hydrogens is 424 g/mol. The van der Waals surface area contributed by atoms with E-state index < -0.39 is 22.7 Å². The zero-order chi connectivity index (χ0) is 24.0. The number of carbonyl (C=O) groups is 2. The highest BCUT2D eigenvalue weighted by atomic mass is 16.6. The minimum atomic E-state index is -0.758. The smallest absolute Gasteiger partial charge is 0.408 e. The summed E-state index contributed by atoms with van der Waals surface area (Å²) in [6, 6.07) is 15.2.